The second-order valence-electron chi connectivity index (χ2n) is 9.92. The van der Waals surface area contributed by atoms with Crippen molar-refractivity contribution in [3.05, 3.63) is 81.9 Å². The van der Waals surface area contributed by atoms with Gasteiger partial charge in [-0.1, -0.05) is 25.1 Å². The second kappa shape index (κ2) is 10.9. The monoisotopic (exact) mass is 503 g/mol. The predicted octanol–water partition coefficient (Wildman–Crippen LogP) is 6.63. The lowest BCUT2D eigenvalue weighted by Gasteiger charge is -2.44. The molecule has 0 atom stereocenters. The summed E-state index contributed by atoms with van der Waals surface area (Å²) in [6.07, 6.45) is 5.38. The summed E-state index contributed by atoms with van der Waals surface area (Å²) in [7, 11) is 0. The normalized spacial score (nSPS) is 18.2. The first-order valence-electron chi connectivity index (χ1n) is 13.5. The first kappa shape index (κ1) is 25.2. The number of ketones is 2. The lowest BCUT2D eigenvalue weighted by atomic mass is 9.71. The van der Waals surface area contributed by atoms with Gasteiger partial charge in [0.25, 0.3) is 0 Å². The van der Waals surface area contributed by atoms with E-state index in [0.29, 0.717) is 30.9 Å². The third-order valence-electron chi connectivity index (χ3n) is 7.42. The van der Waals surface area contributed by atoms with Crippen molar-refractivity contribution in [3.63, 3.8) is 0 Å². The Balaban J connectivity index is 1.57. The zero-order valence-corrected chi connectivity index (χ0v) is 21.6. The van der Waals surface area contributed by atoms with Gasteiger partial charge < -0.3 is 14.4 Å². The molecule has 0 radical (unpaired) electrons. The predicted molar refractivity (Wildman–Crippen MR) is 140 cm³/mol. The van der Waals surface area contributed by atoms with Crippen molar-refractivity contribution in [3.8, 4) is 11.5 Å². The average Bonchev–Trinajstić information content (AvgIpc) is 2.89. The highest BCUT2D eigenvalue weighted by molar-refractivity contribution is 6.06. The Morgan fingerprint density at radius 3 is 2.19 bits per heavy atom. The molecule has 5 nitrogen and oxygen atoms in total. The summed E-state index contributed by atoms with van der Waals surface area (Å²) in [4.78, 5) is 29.1. The highest BCUT2D eigenvalue weighted by Gasteiger charge is 2.43. The zero-order chi connectivity index (χ0) is 25.9. The van der Waals surface area contributed by atoms with Crippen molar-refractivity contribution in [2.45, 2.75) is 71.3 Å². The number of carbonyl (C=O) groups excluding carboxylic acids is 2. The molecule has 0 fully saturated rings. The highest BCUT2D eigenvalue weighted by atomic mass is 19.1. The third kappa shape index (κ3) is 4.94. The van der Waals surface area contributed by atoms with Crippen molar-refractivity contribution in [1.29, 1.82) is 0 Å². The molecule has 1 heterocycles. The van der Waals surface area contributed by atoms with Crippen LogP contribution < -0.4 is 9.47 Å². The molecule has 3 aliphatic rings. The van der Waals surface area contributed by atoms with Crippen LogP contribution in [0.3, 0.4) is 0 Å². The summed E-state index contributed by atoms with van der Waals surface area (Å²) in [5, 5.41) is 0. The summed E-state index contributed by atoms with van der Waals surface area (Å²) < 4.78 is 25.6. The fourth-order valence-electron chi connectivity index (χ4n) is 5.92. The standard InChI is InChI=1S/C31H34FNO4/c1-3-16-33-23-10-6-12-25(34)30(23)29(31-24(33)11-7-13-26(31)35)21-14-15-27(28(18-21)36-4-2)37-19-20-8-5-9-22(32)17-20/h5,8-9,14-15,17-18,29H,3-4,6-7,10-13,16,19H2,1-2H3. The van der Waals surface area contributed by atoms with Gasteiger partial charge >= 0.3 is 0 Å². The fourth-order valence-corrected chi connectivity index (χ4v) is 5.92. The van der Waals surface area contributed by atoms with E-state index < -0.39 is 0 Å². The van der Waals surface area contributed by atoms with Crippen LogP contribution in [0.4, 0.5) is 4.39 Å². The van der Waals surface area contributed by atoms with Crippen molar-refractivity contribution in [1.82, 2.24) is 4.90 Å². The van der Waals surface area contributed by atoms with Crippen LogP contribution in [-0.2, 0) is 16.2 Å². The molecule has 1 aliphatic heterocycles. The van der Waals surface area contributed by atoms with Crippen LogP contribution in [0.1, 0.15) is 75.8 Å². The first-order chi connectivity index (χ1) is 18.0. The van der Waals surface area contributed by atoms with Gasteiger partial charge in [0.2, 0.25) is 0 Å². The van der Waals surface area contributed by atoms with Crippen LogP contribution in [0.2, 0.25) is 0 Å². The molecular formula is C31H34FNO4. The Labute approximate surface area is 218 Å². The number of rotatable bonds is 8. The number of halogens is 1. The number of hydrogen-bond donors (Lipinski definition) is 0. The maximum absolute atomic E-state index is 13.6. The van der Waals surface area contributed by atoms with E-state index in [0.717, 1.165) is 72.3 Å². The van der Waals surface area contributed by atoms with Gasteiger partial charge in [-0.15, -0.1) is 0 Å². The van der Waals surface area contributed by atoms with Gasteiger partial charge in [0.05, 0.1) is 6.61 Å². The minimum absolute atomic E-state index is 0.140. The molecule has 0 bridgehead atoms. The van der Waals surface area contributed by atoms with Crippen LogP contribution in [0, 0.1) is 5.82 Å². The van der Waals surface area contributed by atoms with Crippen molar-refractivity contribution in [2.24, 2.45) is 0 Å². The highest BCUT2D eigenvalue weighted by Crippen LogP contribution is 2.50. The molecule has 37 heavy (non-hydrogen) atoms. The van der Waals surface area contributed by atoms with E-state index in [1.807, 2.05) is 31.2 Å². The summed E-state index contributed by atoms with van der Waals surface area (Å²) in [5.41, 5.74) is 5.36. The average molecular weight is 504 g/mol. The van der Waals surface area contributed by atoms with E-state index >= 15 is 0 Å². The Hall–Kier alpha value is -3.41. The number of benzene rings is 2. The van der Waals surface area contributed by atoms with E-state index in [1.165, 1.54) is 12.1 Å². The van der Waals surface area contributed by atoms with Crippen molar-refractivity contribution >= 4 is 11.6 Å². The summed E-state index contributed by atoms with van der Waals surface area (Å²) in [6, 6.07) is 12.0. The van der Waals surface area contributed by atoms with E-state index in [-0.39, 0.29) is 29.9 Å². The second-order valence-corrected chi connectivity index (χ2v) is 9.92. The van der Waals surface area contributed by atoms with Crippen LogP contribution in [0.15, 0.2) is 65.0 Å². The topological polar surface area (TPSA) is 55.8 Å². The number of carbonyl (C=O) groups is 2. The molecule has 2 aromatic rings. The molecule has 5 rings (SSSR count). The number of ether oxygens (including phenoxy) is 2. The zero-order valence-electron chi connectivity index (χ0n) is 21.6. The van der Waals surface area contributed by atoms with Crippen LogP contribution in [-0.4, -0.2) is 29.6 Å². The first-order valence-corrected chi connectivity index (χ1v) is 13.5. The summed E-state index contributed by atoms with van der Waals surface area (Å²) in [6.45, 7) is 5.51. The number of hydrogen-bond acceptors (Lipinski definition) is 5. The Morgan fingerprint density at radius 2 is 1.57 bits per heavy atom. The maximum atomic E-state index is 13.6. The molecule has 0 unspecified atom stereocenters. The molecule has 2 aromatic carbocycles. The van der Waals surface area contributed by atoms with E-state index in [2.05, 4.69) is 11.8 Å². The number of Topliss-reactive ketones (excluding diaryl/α,β-unsaturated/α-hetero) is 2. The number of allylic oxidation sites excluding steroid dienone is 4. The molecule has 0 N–H and O–H groups in total. The van der Waals surface area contributed by atoms with E-state index in [4.69, 9.17) is 9.47 Å². The summed E-state index contributed by atoms with van der Waals surface area (Å²) in [5.74, 6) is 0.701. The smallest absolute Gasteiger partial charge is 0.161 e. The van der Waals surface area contributed by atoms with Gasteiger partial charge in [0.15, 0.2) is 23.1 Å². The van der Waals surface area contributed by atoms with Gasteiger partial charge in [-0.05, 0) is 74.4 Å². The molecule has 194 valence electrons. The van der Waals surface area contributed by atoms with Crippen LogP contribution in [0.25, 0.3) is 0 Å². The summed E-state index contributed by atoms with van der Waals surface area (Å²) >= 11 is 0. The van der Waals surface area contributed by atoms with Crippen molar-refractivity contribution < 1.29 is 23.5 Å². The van der Waals surface area contributed by atoms with Gasteiger partial charge in [0, 0.05) is 47.8 Å². The van der Waals surface area contributed by atoms with Crippen LogP contribution in [0.5, 0.6) is 11.5 Å². The van der Waals surface area contributed by atoms with Gasteiger partial charge in [0.1, 0.15) is 12.4 Å². The van der Waals surface area contributed by atoms with Gasteiger partial charge in [-0.25, -0.2) is 4.39 Å². The molecule has 0 aromatic heterocycles. The molecule has 0 spiro atoms. The molecular weight excluding hydrogens is 469 g/mol. The largest absolute Gasteiger partial charge is 0.490 e. The molecule has 0 saturated carbocycles. The van der Waals surface area contributed by atoms with Crippen LogP contribution >= 0.6 is 0 Å². The van der Waals surface area contributed by atoms with Gasteiger partial charge in [-0.2, -0.15) is 0 Å². The Bertz CT molecular complexity index is 1230. The quantitative estimate of drug-likeness (QED) is 0.405. The maximum Gasteiger partial charge on any atom is 0.161 e. The Kier molecular flexibility index (Phi) is 7.45. The lowest BCUT2D eigenvalue weighted by Crippen LogP contribution is -2.39. The van der Waals surface area contributed by atoms with Gasteiger partial charge in [-0.3, -0.25) is 9.59 Å². The molecule has 2 aliphatic carbocycles. The fraction of sp³-hybridized carbons (Fsp3) is 0.419. The minimum atomic E-state index is -0.379. The third-order valence-corrected chi connectivity index (χ3v) is 7.42. The lowest BCUT2D eigenvalue weighted by molar-refractivity contribution is -0.117. The van der Waals surface area contributed by atoms with E-state index in [9.17, 15) is 14.0 Å². The van der Waals surface area contributed by atoms with Crippen molar-refractivity contribution in [2.75, 3.05) is 13.2 Å². The number of nitrogens with zero attached hydrogens (tertiary/aromatic N) is 1. The molecule has 0 amide bonds. The minimum Gasteiger partial charge on any atom is -0.490 e. The molecule has 6 heteroatoms. The van der Waals surface area contributed by atoms with E-state index in [1.54, 1.807) is 6.07 Å². The molecule has 0 saturated heterocycles. The Morgan fingerprint density at radius 1 is 0.865 bits per heavy atom. The SMILES string of the molecule is CCCN1C2=C(C(=O)CCC2)C(c2ccc(OCc3cccc(F)c3)c(OCC)c2)C2=C1CCCC2=O.